The van der Waals surface area contributed by atoms with Gasteiger partial charge in [0.05, 0.1) is 11.4 Å². The first kappa shape index (κ1) is 16.7. The number of hydrogen-bond acceptors (Lipinski definition) is 5. The summed E-state index contributed by atoms with van der Waals surface area (Å²) in [5.41, 5.74) is 1.26. The summed E-state index contributed by atoms with van der Waals surface area (Å²) < 4.78 is 0.882. The molecule has 0 aliphatic carbocycles. The van der Waals surface area contributed by atoms with E-state index in [4.69, 9.17) is 0 Å². The zero-order valence-electron chi connectivity index (χ0n) is 13.8. The second-order valence-corrected chi connectivity index (χ2v) is 7.05. The van der Waals surface area contributed by atoms with Crippen molar-refractivity contribution in [3.05, 3.63) is 59.1 Å². The van der Waals surface area contributed by atoms with Crippen molar-refractivity contribution in [2.45, 2.75) is 13.0 Å². The highest BCUT2D eigenvalue weighted by Gasteiger charge is 2.58. The Bertz CT molecular complexity index is 940. The zero-order valence-corrected chi connectivity index (χ0v) is 15.4. The summed E-state index contributed by atoms with van der Waals surface area (Å²) in [7, 11) is 0. The largest absolute Gasteiger partial charge is 0.293 e. The van der Waals surface area contributed by atoms with Crippen LogP contribution in [0.25, 0.3) is 0 Å². The summed E-state index contributed by atoms with van der Waals surface area (Å²) in [6, 6.07) is 15.1. The molecule has 0 radical (unpaired) electrons. The van der Waals surface area contributed by atoms with Crippen LogP contribution in [-0.4, -0.2) is 29.4 Å². The summed E-state index contributed by atoms with van der Waals surface area (Å²) in [6.07, 6.45) is 0. The first-order chi connectivity index (χ1) is 12.5. The lowest BCUT2D eigenvalue weighted by Crippen LogP contribution is -2.39. The molecule has 0 unspecified atom stereocenters. The van der Waals surface area contributed by atoms with Gasteiger partial charge in [-0.05, 0) is 36.4 Å². The van der Waals surface area contributed by atoms with Gasteiger partial charge in [0, 0.05) is 11.4 Å². The van der Waals surface area contributed by atoms with Crippen LogP contribution in [-0.2, 0) is 14.4 Å². The van der Waals surface area contributed by atoms with Crippen molar-refractivity contribution in [2.24, 2.45) is 11.0 Å². The molecule has 0 spiro atoms. The Hall–Kier alpha value is -2.80. The van der Waals surface area contributed by atoms with E-state index in [0.717, 1.165) is 9.37 Å². The fourth-order valence-electron chi connectivity index (χ4n) is 3.34. The van der Waals surface area contributed by atoms with Crippen molar-refractivity contribution in [3.8, 4) is 0 Å². The standard InChI is InChI=1S/C19H14BrN3O3/c1-11(24)16-15-17(23(21-16)14-9-7-12(20)8-10-14)19(26)22(18(15)25)13-5-3-2-4-6-13/h2-10,15,17H,1H3/t15-,17+/m1/s1. The number of nitrogens with zero attached hydrogens (tertiary/aromatic N) is 3. The average molecular weight is 412 g/mol. The van der Waals surface area contributed by atoms with Crippen molar-refractivity contribution in [1.29, 1.82) is 0 Å². The Kier molecular flexibility index (Phi) is 3.96. The maximum absolute atomic E-state index is 13.1. The van der Waals surface area contributed by atoms with Crippen molar-refractivity contribution in [1.82, 2.24) is 0 Å². The van der Waals surface area contributed by atoms with Crippen molar-refractivity contribution >= 4 is 50.6 Å². The van der Waals surface area contributed by atoms with Crippen LogP contribution in [0.3, 0.4) is 0 Å². The van der Waals surface area contributed by atoms with Gasteiger partial charge >= 0.3 is 0 Å². The van der Waals surface area contributed by atoms with Crippen LogP contribution in [0.1, 0.15) is 6.92 Å². The molecule has 1 fully saturated rings. The van der Waals surface area contributed by atoms with Crippen molar-refractivity contribution in [3.63, 3.8) is 0 Å². The highest BCUT2D eigenvalue weighted by atomic mass is 79.9. The van der Waals surface area contributed by atoms with Gasteiger partial charge in [0.25, 0.3) is 5.91 Å². The number of hydrazone groups is 1. The second kappa shape index (κ2) is 6.17. The third-order valence-corrected chi connectivity index (χ3v) is 5.04. The lowest BCUT2D eigenvalue weighted by Gasteiger charge is -2.22. The molecule has 1 saturated heterocycles. The van der Waals surface area contributed by atoms with Crippen LogP contribution in [0.5, 0.6) is 0 Å². The highest BCUT2D eigenvalue weighted by Crippen LogP contribution is 2.38. The second-order valence-electron chi connectivity index (χ2n) is 6.13. The summed E-state index contributed by atoms with van der Waals surface area (Å²) in [5, 5.41) is 5.80. The van der Waals surface area contributed by atoms with Crippen LogP contribution >= 0.6 is 15.9 Å². The average Bonchev–Trinajstić information content (AvgIpc) is 3.14. The molecule has 0 aromatic heterocycles. The van der Waals surface area contributed by atoms with Crippen molar-refractivity contribution < 1.29 is 14.4 Å². The number of anilines is 2. The van der Waals surface area contributed by atoms with E-state index >= 15 is 0 Å². The van der Waals surface area contributed by atoms with Crippen LogP contribution < -0.4 is 9.91 Å². The number of ketones is 1. The lowest BCUT2D eigenvalue weighted by molar-refractivity contribution is -0.122. The Labute approximate surface area is 158 Å². The van der Waals surface area contributed by atoms with Gasteiger partial charge in [-0.1, -0.05) is 34.1 Å². The smallest absolute Gasteiger partial charge is 0.259 e. The zero-order chi connectivity index (χ0) is 18.4. The molecule has 2 aliphatic heterocycles. The number of benzene rings is 2. The maximum Gasteiger partial charge on any atom is 0.259 e. The molecule has 2 aromatic carbocycles. The molecule has 2 amide bonds. The number of Topliss-reactive ketones (excluding diaryl/α,β-unsaturated/α-hetero) is 1. The van der Waals surface area contributed by atoms with Crippen molar-refractivity contribution in [2.75, 3.05) is 9.91 Å². The summed E-state index contributed by atoms with van der Waals surface area (Å²) in [6.45, 7) is 1.36. The van der Waals surface area contributed by atoms with Gasteiger partial charge in [0.1, 0.15) is 17.7 Å². The summed E-state index contributed by atoms with van der Waals surface area (Å²) >= 11 is 3.37. The molecule has 0 bridgehead atoms. The van der Waals surface area contributed by atoms with E-state index in [9.17, 15) is 14.4 Å². The molecular weight excluding hydrogens is 398 g/mol. The molecule has 7 heteroatoms. The number of fused-ring (bicyclic) bond motifs is 1. The van der Waals surface area contributed by atoms with E-state index in [1.54, 1.807) is 36.4 Å². The molecule has 2 aromatic rings. The summed E-state index contributed by atoms with van der Waals surface area (Å²) in [5.74, 6) is -1.99. The number of carbonyl (C=O) groups excluding carboxylic acids is 3. The van der Waals surface area contributed by atoms with Crippen LogP contribution in [0.15, 0.2) is 64.2 Å². The third-order valence-electron chi connectivity index (χ3n) is 4.52. The van der Waals surface area contributed by atoms with Gasteiger partial charge in [-0.2, -0.15) is 5.10 Å². The number of imide groups is 1. The molecule has 26 heavy (non-hydrogen) atoms. The summed E-state index contributed by atoms with van der Waals surface area (Å²) in [4.78, 5) is 39.3. The topological polar surface area (TPSA) is 70.1 Å². The number of carbonyl (C=O) groups is 3. The minimum atomic E-state index is -0.885. The minimum absolute atomic E-state index is 0.120. The molecule has 4 rings (SSSR count). The Balaban J connectivity index is 1.80. The Morgan fingerprint density at radius 1 is 0.962 bits per heavy atom. The normalized spacial score (nSPS) is 21.8. The number of hydrogen-bond donors (Lipinski definition) is 0. The molecule has 0 saturated carbocycles. The first-order valence-corrected chi connectivity index (χ1v) is 8.85. The minimum Gasteiger partial charge on any atom is -0.293 e. The number of para-hydroxylation sites is 1. The Morgan fingerprint density at radius 2 is 1.62 bits per heavy atom. The van der Waals surface area contributed by atoms with E-state index < -0.39 is 17.9 Å². The van der Waals surface area contributed by atoms with E-state index in [2.05, 4.69) is 21.0 Å². The van der Waals surface area contributed by atoms with Gasteiger partial charge in [-0.3, -0.25) is 19.4 Å². The van der Waals surface area contributed by atoms with Crippen LogP contribution in [0, 0.1) is 5.92 Å². The predicted octanol–water partition coefficient (Wildman–Crippen LogP) is 2.77. The highest BCUT2D eigenvalue weighted by molar-refractivity contribution is 9.10. The van der Waals surface area contributed by atoms with Gasteiger partial charge in [-0.15, -0.1) is 0 Å². The van der Waals surface area contributed by atoms with Crippen LogP contribution in [0.2, 0.25) is 0 Å². The van der Waals surface area contributed by atoms with Gasteiger partial charge in [0.2, 0.25) is 5.91 Å². The van der Waals surface area contributed by atoms with E-state index in [-0.39, 0.29) is 17.4 Å². The number of halogens is 1. The molecule has 6 nitrogen and oxygen atoms in total. The fourth-order valence-corrected chi connectivity index (χ4v) is 3.61. The van der Waals surface area contributed by atoms with Crippen LogP contribution in [0.4, 0.5) is 11.4 Å². The van der Waals surface area contributed by atoms with E-state index in [0.29, 0.717) is 11.4 Å². The number of rotatable bonds is 3. The van der Waals surface area contributed by atoms with E-state index in [1.165, 1.54) is 11.9 Å². The third kappa shape index (κ3) is 2.47. The van der Waals surface area contributed by atoms with E-state index in [1.807, 2.05) is 18.2 Å². The van der Waals surface area contributed by atoms with Gasteiger partial charge in [-0.25, -0.2) is 4.90 Å². The number of amides is 2. The molecule has 2 aliphatic rings. The predicted molar refractivity (Wildman–Crippen MR) is 101 cm³/mol. The first-order valence-electron chi connectivity index (χ1n) is 8.06. The molecule has 2 atom stereocenters. The maximum atomic E-state index is 13.1. The fraction of sp³-hybridized carbons (Fsp3) is 0.158. The monoisotopic (exact) mass is 411 g/mol. The quantitative estimate of drug-likeness (QED) is 0.728. The molecule has 130 valence electrons. The SMILES string of the molecule is CC(=O)C1=NN(c2ccc(Br)cc2)[C@@H]2C(=O)N(c3ccccc3)C(=O)[C@H]12. The van der Waals surface area contributed by atoms with Gasteiger partial charge < -0.3 is 0 Å². The molecular formula is C19H14BrN3O3. The van der Waals surface area contributed by atoms with Gasteiger partial charge in [0.15, 0.2) is 5.78 Å². The lowest BCUT2D eigenvalue weighted by atomic mass is 9.95. The Morgan fingerprint density at radius 3 is 2.23 bits per heavy atom. The molecule has 2 heterocycles. The molecule has 0 N–H and O–H groups in total.